The molecule has 0 spiro atoms. The number of amides is 1. The van der Waals surface area contributed by atoms with Crippen LogP contribution in [0, 0.1) is 5.82 Å². The number of rotatable bonds is 5. The lowest BCUT2D eigenvalue weighted by atomic mass is 10.2. The number of benzene rings is 2. The molecule has 1 aromatic heterocycles. The standard InChI is InChI=1S/C18H17FN4OS/c1-12(14-5-3-6-15(19)9-14)25-18-22-20-11-23(18)17-8-4-7-16(10-17)21-13(2)24/h3-12H,1-2H3,(H,21,24). The monoisotopic (exact) mass is 356 g/mol. The summed E-state index contributed by atoms with van der Waals surface area (Å²) in [6.07, 6.45) is 1.62. The zero-order valence-electron chi connectivity index (χ0n) is 13.8. The van der Waals surface area contributed by atoms with Crippen LogP contribution in [0.2, 0.25) is 0 Å². The Bertz CT molecular complexity index is 896. The van der Waals surface area contributed by atoms with Gasteiger partial charge in [0.15, 0.2) is 5.16 Å². The Morgan fingerprint density at radius 1 is 1.24 bits per heavy atom. The fourth-order valence-corrected chi connectivity index (χ4v) is 3.36. The van der Waals surface area contributed by atoms with Crippen LogP contribution in [0.3, 0.4) is 0 Å². The highest BCUT2D eigenvalue weighted by molar-refractivity contribution is 7.99. The minimum absolute atomic E-state index is 0.0113. The molecule has 1 amide bonds. The zero-order valence-corrected chi connectivity index (χ0v) is 14.6. The van der Waals surface area contributed by atoms with Crippen LogP contribution in [-0.4, -0.2) is 20.7 Å². The Morgan fingerprint density at radius 3 is 2.80 bits per heavy atom. The van der Waals surface area contributed by atoms with Gasteiger partial charge in [-0.25, -0.2) is 4.39 Å². The van der Waals surface area contributed by atoms with Crippen LogP contribution < -0.4 is 5.32 Å². The van der Waals surface area contributed by atoms with Crippen molar-refractivity contribution in [3.05, 3.63) is 66.2 Å². The van der Waals surface area contributed by atoms with E-state index >= 15 is 0 Å². The maximum Gasteiger partial charge on any atom is 0.221 e. The van der Waals surface area contributed by atoms with Gasteiger partial charge < -0.3 is 5.32 Å². The van der Waals surface area contributed by atoms with Gasteiger partial charge in [0.05, 0.1) is 5.69 Å². The summed E-state index contributed by atoms with van der Waals surface area (Å²) in [6.45, 7) is 3.46. The molecule has 2 aromatic carbocycles. The average Bonchev–Trinajstić information content (AvgIpc) is 3.02. The maximum absolute atomic E-state index is 13.4. The summed E-state index contributed by atoms with van der Waals surface area (Å²) in [5.74, 6) is -0.385. The summed E-state index contributed by atoms with van der Waals surface area (Å²) in [6, 6.07) is 14.0. The van der Waals surface area contributed by atoms with Crippen LogP contribution in [0.15, 0.2) is 60.0 Å². The molecule has 1 unspecified atom stereocenters. The Hall–Kier alpha value is -2.67. The molecule has 1 N–H and O–H groups in total. The predicted octanol–water partition coefficient (Wildman–Crippen LogP) is 4.22. The second kappa shape index (κ2) is 7.48. The number of carbonyl (C=O) groups excluding carboxylic acids is 1. The molecule has 0 saturated heterocycles. The van der Waals surface area contributed by atoms with Crippen molar-refractivity contribution >= 4 is 23.4 Å². The molecule has 128 valence electrons. The van der Waals surface area contributed by atoms with Gasteiger partial charge in [-0.1, -0.05) is 30.0 Å². The first-order valence-electron chi connectivity index (χ1n) is 7.73. The molecule has 3 rings (SSSR count). The van der Waals surface area contributed by atoms with E-state index in [2.05, 4.69) is 15.5 Å². The summed E-state index contributed by atoms with van der Waals surface area (Å²) in [7, 11) is 0. The Morgan fingerprint density at radius 2 is 2.04 bits per heavy atom. The van der Waals surface area contributed by atoms with Gasteiger partial charge in [0.2, 0.25) is 5.91 Å². The second-order valence-corrected chi connectivity index (χ2v) is 6.84. The van der Waals surface area contributed by atoms with Crippen LogP contribution in [0.25, 0.3) is 5.69 Å². The van der Waals surface area contributed by atoms with Crippen LogP contribution in [0.5, 0.6) is 0 Å². The SMILES string of the molecule is CC(=O)Nc1cccc(-n2cnnc2SC(C)c2cccc(F)c2)c1. The lowest BCUT2D eigenvalue weighted by Crippen LogP contribution is -2.06. The molecule has 7 heteroatoms. The number of halogens is 1. The molecule has 0 bridgehead atoms. The van der Waals surface area contributed by atoms with Gasteiger partial charge in [-0.15, -0.1) is 10.2 Å². The third kappa shape index (κ3) is 4.24. The highest BCUT2D eigenvalue weighted by Crippen LogP contribution is 2.34. The fourth-order valence-electron chi connectivity index (χ4n) is 2.40. The lowest BCUT2D eigenvalue weighted by Gasteiger charge is -2.13. The molecule has 0 fully saturated rings. The smallest absolute Gasteiger partial charge is 0.221 e. The van der Waals surface area contributed by atoms with E-state index in [-0.39, 0.29) is 17.0 Å². The molecule has 5 nitrogen and oxygen atoms in total. The van der Waals surface area contributed by atoms with E-state index in [4.69, 9.17) is 0 Å². The van der Waals surface area contributed by atoms with Crippen molar-refractivity contribution in [2.24, 2.45) is 0 Å². The average molecular weight is 356 g/mol. The van der Waals surface area contributed by atoms with Crippen LogP contribution in [0.1, 0.15) is 24.7 Å². The van der Waals surface area contributed by atoms with Crippen molar-refractivity contribution in [3.8, 4) is 5.69 Å². The Labute approximate surface area is 149 Å². The highest BCUT2D eigenvalue weighted by Gasteiger charge is 2.14. The van der Waals surface area contributed by atoms with E-state index in [9.17, 15) is 9.18 Å². The maximum atomic E-state index is 13.4. The summed E-state index contributed by atoms with van der Waals surface area (Å²) < 4.78 is 15.3. The topological polar surface area (TPSA) is 59.8 Å². The number of nitrogens with zero attached hydrogens (tertiary/aromatic N) is 3. The highest BCUT2D eigenvalue weighted by atomic mass is 32.2. The molecule has 25 heavy (non-hydrogen) atoms. The van der Waals surface area contributed by atoms with E-state index in [0.29, 0.717) is 10.8 Å². The van der Waals surface area contributed by atoms with Crippen LogP contribution in [-0.2, 0) is 4.79 Å². The van der Waals surface area contributed by atoms with Gasteiger partial charge in [-0.2, -0.15) is 0 Å². The number of hydrogen-bond donors (Lipinski definition) is 1. The number of nitrogens with one attached hydrogen (secondary N) is 1. The molecule has 1 atom stereocenters. The third-order valence-corrected chi connectivity index (χ3v) is 4.68. The van der Waals surface area contributed by atoms with Crippen molar-refractivity contribution < 1.29 is 9.18 Å². The van der Waals surface area contributed by atoms with Gasteiger partial charge in [0, 0.05) is 17.9 Å². The minimum Gasteiger partial charge on any atom is -0.326 e. The minimum atomic E-state index is -0.255. The van der Waals surface area contributed by atoms with Crippen molar-refractivity contribution in [3.63, 3.8) is 0 Å². The van der Waals surface area contributed by atoms with E-state index in [1.54, 1.807) is 12.4 Å². The largest absolute Gasteiger partial charge is 0.326 e. The van der Waals surface area contributed by atoms with E-state index in [1.165, 1.54) is 30.8 Å². The Kier molecular flexibility index (Phi) is 5.14. The normalized spacial score (nSPS) is 12.0. The molecule has 1 heterocycles. The van der Waals surface area contributed by atoms with Gasteiger partial charge in [0.1, 0.15) is 12.1 Å². The van der Waals surface area contributed by atoms with Crippen LogP contribution in [0.4, 0.5) is 10.1 Å². The van der Waals surface area contributed by atoms with Gasteiger partial charge in [0.25, 0.3) is 0 Å². The molecule has 0 aliphatic carbocycles. The summed E-state index contributed by atoms with van der Waals surface area (Å²) in [5, 5.41) is 11.6. The number of carbonyl (C=O) groups is 1. The van der Waals surface area contributed by atoms with E-state index in [0.717, 1.165) is 11.3 Å². The fraction of sp³-hybridized carbons (Fsp3) is 0.167. The predicted molar refractivity (Wildman–Crippen MR) is 96.3 cm³/mol. The summed E-state index contributed by atoms with van der Waals surface area (Å²) in [4.78, 5) is 11.2. The van der Waals surface area contributed by atoms with Gasteiger partial charge in [-0.05, 0) is 42.8 Å². The first-order chi connectivity index (χ1) is 12.0. The molecule has 3 aromatic rings. The molecule has 0 radical (unpaired) electrons. The summed E-state index contributed by atoms with van der Waals surface area (Å²) in [5.41, 5.74) is 2.42. The third-order valence-electron chi connectivity index (χ3n) is 3.56. The van der Waals surface area contributed by atoms with E-state index < -0.39 is 0 Å². The van der Waals surface area contributed by atoms with Crippen LogP contribution >= 0.6 is 11.8 Å². The van der Waals surface area contributed by atoms with Crippen molar-refractivity contribution in [1.29, 1.82) is 0 Å². The number of hydrogen-bond acceptors (Lipinski definition) is 4. The molecule has 0 aliphatic rings. The second-order valence-electron chi connectivity index (χ2n) is 5.53. The Balaban J connectivity index is 1.84. The number of anilines is 1. The number of aromatic nitrogens is 3. The van der Waals surface area contributed by atoms with Gasteiger partial charge >= 0.3 is 0 Å². The van der Waals surface area contributed by atoms with Crippen molar-refractivity contribution in [2.45, 2.75) is 24.3 Å². The first kappa shape index (κ1) is 17.2. The first-order valence-corrected chi connectivity index (χ1v) is 8.61. The molecular formula is C18H17FN4OS. The number of thioether (sulfide) groups is 1. The van der Waals surface area contributed by atoms with Gasteiger partial charge in [-0.3, -0.25) is 9.36 Å². The summed E-state index contributed by atoms with van der Waals surface area (Å²) >= 11 is 1.49. The van der Waals surface area contributed by atoms with Crippen molar-refractivity contribution in [2.75, 3.05) is 5.32 Å². The molecule has 0 aliphatic heterocycles. The van der Waals surface area contributed by atoms with Crippen molar-refractivity contribution in [1.82, 2.24) is 14.8 Å². The quantitative estimate of drug-likeness (QED) is 0.696. The molecule has 0 saturated carbocycles. The lowest BCUT2D eigenvalue weighted by molar-refractivity contribution is -0.114. The zero-order chi connectivity index (χ0) is 17.8. The van der Waals surface area contributed by atoms with E-state index in [1.807, 2.05) is 41.8 Å². The molecular weight excluding hydrogens is 339 g/mol.